The molecule has 2 heterocycles. The lowest BCUT2D eigenvalue weighted by atomic mass is 9.80. The summed E-state index contributed by atoms with van der Waals surface area (Å²) in [6.07, 6.45) is 0.0335. The zero-order chi connectivity index (χ0) is 19.0. The Balaban J connectivity index is 1.76. The van der Waals surface area contributed by atoms with Gasteiger partial charge < -0.3 is 19.3 Å². The molecule has 4 rings (SSSR count). The van der Waals surface area contributed by atoms with Gasteiger partial charge in [-0.25, -0.2) is 9.59 Å². The van der Waals surface area contributed by atoms with Gasteiger partial charge in [0.25, 0.3) is 0 Å². The third-order valence-corrected chi connectivity index (χ3v) is 6.45. The molecule has 2 saturated heterocycles. The van der Waals surface area contributed by atoms with Crippen molar-refractivity contribution in [1.29, 1.82) is 0 Å². The summed E-state index contributed by atoms with van der Waals surface area (Å²) in [5.74, 6) is -1.58. The number of esters is 2. The van der Waals surface area contributed by atoms with Crippen LogP contribution in [0, 0.1) is 11.8 Å². The molecule has 0 aromatic heterocycles. The van der Waals surface area contributed by atoms with E-state index in [9.17, 15) is 14.7 Å². The van der Waals surface area contributed by atoms with Crippen molar-refractivity contribution in [2.24, 2.45) is 11.8 Å². The maximum atomic E-state index is 12.3. The summed E-state index contributed by atoms with van der Waals surface area (Å²) < 4.78 is 17.2. The summed E-state index contributed by atoms with van der Waals surface area (Å²) in [6.45, 7) is 11.2. The van der Waals surface area contributed by atoms with Gasteiger partial charge in [-0.15, -0.1) is 0 Å². The van der Waals surface area contributed by atoms with Crippen LogP contribution in [0.5, 0.6) is 0 Å². The Morgan fingerprint density at radius 3 is 2.81 bits per heavy atom. The van der Waals surface area contributed by atoms with E-state index in [-0.39, 0.29) is 12.0 Å². The number of hydrogen-bond donors (Lipinski definition) is 1. The Morgan fingerprint density at radius 2 is 2.15 bits per heavy atom. The number of epoxide rings is 1. The normalized spacial score (nSPS) is 44.1. The van der Waals surface area contributed by atoms with Gasteiger partial charge in [-0.05, 0) is 33.3 Å². The summed E-state index contributed by atoms with van der Waals surface area (Å²) in [5.41, 5.74) is 2.10. The summed E-state index contributed by atoms with van der Waals surface area (Å²) in [6, 6.07) is 0. The van der Waals surface area contributed by atoms with E-state index in [1.807, 2.05) is 13.8 Å². The molecule has 0 bridgehead atoms. The number of rotatable bonds is 2. The first-order valence-electron chi connectivity index (χ1n) is 8.99. The van der Waals surface area contributed by atoms with Crippen LogP contribution in [0.4, 0.5) is 0 Å². The molecule has 26 heavy (non-hydrogen) atoms. The number of hydrogen-bond acceptors (Lipinski definition) is 6. The van der Waals surface area contributed by atoms with Crippen molar-refractivity contribution in [1.82, 2.24) is 0 Å². The second kappa shape index (κ2) is 5.54. The minimum atomic E-state index is -0.718. The summed E-state index contributed by atoms with van der Waals surface area (Å²) >= 11 is 0. The van der Waals surface area contributed by atoms with Gasteiger partial charge in [-0.3, -0.25) is 0 Å². The lowest BCUT2D eigenvalue weighted by Gasteiger charge is -2.30. The van der Waals surface area contributed by atoms with Crippen LogP contribution in [0.15, 0.2) is 34.9 Å². The second-order valence-corrected chi connectivity index (χ2v) is 7.92. The van der Waals surface area contributed by atoms with Crippen molar-refractivity contribution < 1.29 is 28.9 Å². The molecule has 3 fully saturated rings. The molecule has 4 aliphatic rings. The molecule has 7 atom stereocenters. The van der Waals surface area contributed by atoms with Crippen molar-refractivity contribution in [3.05, 3.63) is 34.9 Å². The third kappa shape index (κ3) is 2.18. The fourth-order valence-corrected chi connectivity index (χ4v) is 4.87. The number of carbonyl (C=O) groups excluding carboxylic acids is 2. The molecule has 6 heteroatoms. The highest BCUT2D eigenvalue weighted by Crippen LogP contribution is 2.62. The molecule has 1 saturated carbocycles. The van der Waals surface area contributed by atoms with Gasteiger partial charge in [0.2, 0.25) is 0 Å². The maximum Gasteiger partial charge on any atom is 0.334 e. The molecule has 0 spiro atoms. The van der Waals surface area contributed by atoms with Crippen molar-refractivity contribution in [2.45, 2.75) is 64.1 Å². The molecule has 0 unspecified atom stereocenters. The monoisotopic (exact) mass is 360 g/mol. The molecule has 0 aromatic carbocycles. The van der Waals surface area contributed by atoms with E-state index < -0.39 is 41.8 Å². The van der Waals surface area contributed by atoms with E-state index in [4.69, 9.17) is 14.2 Å². The Kier molecular flexibility index (Phi) is 3.72. The fraction of sp³-hybridized carbons (Fsp3) is 0.600. The first-order chi connectivity index (χ1) is 12.2. The first kappa shape index (κ1) is 17.5. The van der Waals surface area contributed by atoms with Crippen LogP contribution in [0.2, 0.25) is 0 Å². The molecule has 1 N–H and O–H groups in total. The second-order valence-electron chi connectivity index (χ2n) is 7.92. The van der Waals surface area contributed by atoms with Crippen molar-refractivity contribution in [3.8, 4) is 0 Å². The Bertz CT molecular complexity index is 777. The van der Waals surface area contributed by atoms with Gasteiger partial charge in [0.15, 0.2) is 0 Å². The van der Waals surface area contributed by atoms with Crippen LogP contribution in [0.3, 0.4) is 0 Å². The van der Waals surface area contributed by atoms with Crippen LogP contribution in [0.1, 0.15) is 34.1 Å². The Hall–Kier alpha value is -1.92. The molecule has 0 amide bonds. The largest absolute Gasteiger partial charge is 0.458 e. The van der Waals surface area contributed by atoms with Gasteiger partial charge in [0, 0.05) is 17.6 Å². The first-order valence-corrected chi connectivity index (χ1v) is 8.99. The highest BCUT2D eigenvalue weighted by molar-refractivity contribution is 5.92. The van der Waals surface area contributed by atoms with Crippen LogP contribution < -0.4 is 0 Å². The van der Waals surface area contributed by atoms with Crippen molar-refractivity contribution >= 4 is 11.9 Å². The van der Waals surface area contributed by atoms with Gasteiger partial charge in [0.05, 0.1) is 11.8 Å². The Labute approximate surface area is 152 Å². The van der Waals surface area contributed by atoms with Crippen LogP contribution in [-0.4, -0.2) is 47.1 Å². The molecule has 0 aromatic rings. The fourth-order valence-electron chi connectivity index (χ4n) is 4.87. The minimum absolute atomic E-state index is 0.248. The zero-order valence-electron chi connectivity index (χ0n) is 15.4. The number of ether oxygens (including phenoxy) is 3. The van der Waals surface area contributed by atoms with Gasteiger partial charge in [-0.1, -0.05) is 18.2 Å². The molecular formula is C20H24O6. The summed E-state index contributed by atoms with van der Waals surface area (Å²) in [4.78, 5) is 24.6. The number of fused-ring (bicyclic) bond motifs is 5. The smallest absolute Gasteiger partial charge is 0.334 e. The molecule has 2 aliphatic carbocycles. The molecule has 0 radical (unpaired) electrons. The lowest BCUT2D eigenvalue weighted by Crippen LogP contribution is -2.40. The average molecular weight is 360 g/mol. The zero-order valence-corrected chi connectivity index (χ0v) is 15.4. The van der Waals surface area contributed by atoms with Crippen LogP contribution in [-0.2, 0) is 23.8 Å². The number of carbonyl (C=O) groups is 2. The van der Waals surface area contributed by atoms with Gasteiger partial charge in [-0.2, -0.15) is 0 Å². The molecule has 6 nitrogen and oxygen atoms in total. The highest BCUT2D eigenvalue weighted by Gasteiger charge is 2.73. The highest BCUT2D eigenvalue weighted by atomic mass is 16.6. The van der Waals surface area contributed by atoms with Crippen LogP contribution in [0.25, 0.3) is 0 Å². The van der Waals surface area contributed by atoms with E-state index in [1.54, 1.807) is 19.9 Å². The topological polar surface area (TPSA) is 85.4 Å². The third-order valence-electron chi connectivity index (χ3n) is 6.45. The lowest BCUT2D eigenvalue weighted by molar-refractivity contribution is -0.149. The predicted molar refractivity (Wildman–Crippen MR) is 91.9 cm³/mol. The summed E-state index contributed by atoms with van der Waals surface area (Å²) in [5, 5.41) is 10.7. The van der Waals surface area contributed by atoms with Gasteiger partial charge >= 0.3 is 11.9 Å². The molecule has 2 aliphatic heterocycles. The van der Waals surface area contributed by atoms with E-state index >= 15 is 0 Å². The quantitative estimate of drug-likeness (QED) is 0.350. The molecule has 140 valence electrons. The SMILES string of the molecule is C=C1C(=O)O[C@@H]2[C@H]1[C@H](OC(=O)/C(C)=C\C)CC(C)=C1[C@H](O)[C@@H]3O[C@]3(C)[C@@H]12. The number of aliphatic hydroxyl groups excluding tert-OH is 1. The van der Waals surface area contributed by atoms with E-state index in [0.29, 0.717) is 17.6 Å². The maximum absolute atomic E-state index is 12.3. The van der Waals surface area contributed by atoms with Crippen LogP contribution >= 0.6 is 0 Å². The van der Waals surface area contributed by atoms with Crippen molar-refractivity contribution in [3.63, 3.8) is 0 Å². The van der Waals surface area contributed by atoms with E-state index in [0.717, 1.165) is 11.1 Å². The predicted octanol–water partition coefficient (Wildman–Crippen LogP) is 1.83. The Morgan fingerprint density at radius 1 is 1.46 bits per heavy atom. The number of allylic oxidation sites excluding steroid dienone is 1. The average Bonchev–Trinajstić information content (AvgIpc) is 3.15. The van der Waals surface area contributed by atoms with Crippen molar-refractivity contribution in [2.75, 3.05) is 0 Å². The minimum Gasteiger partial charge on any atom is -0.458 e. The van der Waals surface area contributed by atoms with E-state index in [1.165, 1.54) is 0 Å². The standard InChI is InChI=1S/C20H24O6/c1-6-8(2)18(22)24-11-7-9(3)12-14(20(5)17(26-20)15(12)21)16-13(11)10(4)19(23)25-16/h6,11,13-17,21H,4,7H2,1-3,5H3/b8-6-/t11-,13-,14+,15+,16-,17+,20-/m1/s1. The van der Waals surface area contributed by atoms with Gasteiger partial charge in [0.1, 0.15) is 30.0 Å². The van der Waals surface area contributed by atoms with E-state index in [2.05, 4.69) is 6.58 Å². The molecular weight excluding hydrogens is 336 g/mol. The number of aliphatic hydroxyl groups is 1. The summed E-state index contributed by atoms with van der Waals surface area (Å²) in [7, 11) is 0.